The van der Waals surface area contributed by atoms with Crippen molar-refractivity contribution >= 4 is 29.1 Å². The van der Waals surface area contributed by atoms with Crippen LogP contribution in [0.5, 0.6) is 0 Å². The van der Waals surface area contributed by atoms with E-state index >= 15 is 0 Å². The molecule has 0 saturated heterocycles. The summed E-state index contributed by atoms with van der Waals surface area (Å²) in [5.41, 5.74) is 2.48. The minimum Gasteiger partial charge on any atom is -0.302 e. The smallest absolute Gasteiger partial charge is 0.138 e. The van der Waals surface area contributed by atoms with Crippen molar-refractivity contribution in [1.29, 1.82) is 0 Å². The van der Waals surface area contributed by atoms with Gasteiger partial charge in [-0.15, -0.1) is 18.3 Å². The zero-order valence-corrected chi connectivity index (χ0v) is 14.5. The highest BCUT2D eigenvalue weighted by Crippen LogP contribution is 2.29. The number of allylic oxidation sites excluding steroid dienone is 1. The summed E-state index contributed by atoms with van der Waals surface area (Å²) in [7, 11) is 2.17. The molecule has 0 amide bonds. The summed E-state index contributed by atoms with van der Waals surface area (Å²) in [5.74, 6) is 1.15. The van der Waals surface area contributed by atoms with Crippen LogP contribution in [0.2, 0.25) is 0 Å². The topological polar surface area (TPSA) is 29.0 Å². The molecule has 1 aromatic rings. The van der Waals surface area contributed by atoms with Crippen molar-refractivity contribution in [3.05, 3.63) is 24.4 Å². The monoisotopic (exact) mass is 323 g/mol. The molecule has 0 aromatic carbocycles. The van der Waals surface area contributed by atoms with Crippen LogP contribution in [0.1, 0.15) is 44.2 Å². The van der Waals surface area contributed by atoms with Crippen molar-refractivity contribution in [2.45, 2.75) is 43.6 Å². The van der Waals surface area contributed by atoms with Crippen molar-refractivity contribution in [3.63, 3.8) is 0 Å². The third-order valence-electron chi connectivity index (χ3n) is 3.65. The number of rotatable bonds is 9. The van der Waals surface area contributed by atoms with Crippen LogP contribution >= 0.6 is 23.5 Å². The van der Waals surface area contributed by atoms with E-state index in [2.05, 4.69) is 33.3 Å². The number of nitrogens with zero attached hydrogens (tertiary/aromatic N) is 3. The lowest BCUT2D eigenvalue weighted by molar-refractivity contribution is 0.372. The minimum absolute atomic E-state index is 1.00. The normalized spacial score (nSPS) is 16.0. The first kappa shape index (κ1) is 16.7. The first-order valence-electron chi connectivity index (χ1n) is 7.75. The molecule has 0 saturated carbocycles. The lowest BCUT2D eigenvalue weighted by Crippen LogP contribution is -2.25. The van der Waals surface area contributed by atoms with Crippen LogP contribution in [0, 0.1) is 0 Å². The first-order valence-corrected chi connectivity index (χ1v) is 9.47. The van der Waals surface area contributed by atoms with E-state index < -0.39 is 0 Å². The summed E-state index contributed by atoms with van der Waals surface area (Å²) in [6.07, 6.45) is 11.8. The van der Waals surface area contributed by atoms with E-state index in [0.29, 0.717) is 0 Å². The van der Waals surface area contributed by atoms with Crippen LogP contribution in [-0.2, 0) is 0 Å². The molecular formula is C16H25N3S2. The van der Waals surface area contributed by atoms with Gasteiger partial charge >= 0.3 is 0 Å². The van der Waals surface area contributed by atoms with Gasteiger partial charge in [0, 0.05) is 13.1 Å². The van der Waals surface area contributed by atoms with E-state index in [0.717, 1.165) is 42.4 Å². The molecule has 0 fully saturated rings. The number of aromatic nitrogens is 2. The van der Waals surface area contributed by atoms with Gasteiger partial charge in [0.15, 0.2) is 0 Å². The Kier molecular flexibility index (Phi) is 7.47. The van der Waals surface area contributed by atoms with Gasteiger partial charge in [0.1, 0.15) is 10.7 Å². The Morgan fingerprint density at radius 1 is 1.33 bits per heavy atom. The van der Waals surface area contributed by atoms with Gasteiger partial charge in [-0.25, -0.2) is 0 Å². The molecule has 21 heavy (non-hydrogen) atoms. The fraction of sp³-hybridized carbons (Fsp3) is 0.625. The molecular weight excluding hydrogens is 298 g/mol. The molecule has 116 valence electrons. The number of thioether (sulfide) groups is 1. The largest absolute Gasteiger partial charge is 0.302 e. The highest BCUT2D eigenvalue weighted by molar-refractivity contribution is 7.99. The zero-order valence-electron chi connectivity index (χ0n) is 12.9. The van der Waals surface area contributed by atoms with E-state index in [-0.39, 0.29) is 0 Å². The lowest BCUT2D eigenvalue weighted by Gasteiger charge is -2.22. The van der Waals surface area contributed by atoms with Crippen molar-refractivity contribution in [2.75, 3.05) is 25.9 Å². The number of hydrogen-bond donors (Lipinski definition) is 0. The Morgan fingerprint density at radius 3 is 3.00 bits per heavy atom. The van der Waals surface area contributed by atoms with Gasteiger partial charge in [-0.3, -0.25) is 0 Å². The third-order valence-corrected chi connectivity index (χ3v) is 5.34. The molecule has 3 nitrogen and oxygen atoms in total. The fourth-order valence-corrected chi connectivity index (χ4v) is 4.16. The Balaban J connectivity index is 1.76. The molecule has 0 atom stereocenters. The SMILES string of the molecule is C=CCCCCCCSc1nsnc1C1=CCCN(C)C1. The fourth-order valence-electron chi connectivity index (χ4n) is 2.45. The van der Waals surface area contributed by atoms with Crippen LogP contribution in [0.15, 0.2) is 23.8 Å². The number of likely N-dealkylation sites (N-methyl/N-ethyl adjacent to an activating group) is 1. The van der Waals surface area contributed by atoms with Crippen LogP contribution in [0.3, 0.4) is 0 Å². The molecule has 1 aliphatic heterocycles. The predicted molar refractivity (Wildman–Crippen MR) is 94.0 cm³/mol. The Morgan fingerprint density at radius 2 is 2.19 bits per heavy atom. The maximum absolute atomic E-state index is 4.52. The molecule has 0 unspecified atom stereocenters. The van der Waals surface area contributed by atoms with E-state index in [4.69, 9.17) is 0 Å². The maximum atomic E-state index is 4.52. The van der Waals surface area contributed by atoms with Crippen molar-refractivity contribution in [1.82, 2.24) is 13.6 Å². The Labute approximate surface area is 136 Å². The van der Waals surface area contributed by atoms with Gasteiger partial charge in [0.25, 0.3) is 0 Å². The molecule has 0 bridgehead atoms. The summed E-state index contributed by atoms with van der Waals surface area (Å²) in [4.78, 5) is 2.35. The van der Waals surface area contributed by atoms with Gasteiger partial charge in [-0.05, 0) is 44.1 Å². The Hall–Kier alpha value is -0.650. The molecule has 5 heteroatoms. The molecule has 0 radical (unpaired) electrons. The summed E-state index contributed by atoms with van der Waals surface area (Å²) in [6.45, 7) is 5.91. The second kappa shape index (κ2) is 9.38. The number of unbranched alkanes of at least 4 members (excludes halogenated alkanes) is 4. The third kappa shape index (κ3) is 5.57. The standard InChI is InChI=1S/C16H25N3S2/c1-3-4-5-6-7-8-12-20-16-15(17-21-18-16)14-10-9-11-19(2)13-14/h3,10H,1,4-9,11-13H2,2H3. The summed E-state index contributed by atoms with van der Waals surface area (Å²) in [6, 6.07) is 0. The summed E-state index contributed by atoms with van der Waals surface area (Å²) < 4.78 is 9.00. The van der Waals surface area contributed by atoms with Gasteiger partial charge < -0.3 is 4.90 Å². The lowest BCUT2D eigenvalue weighted by atomic mass is 10.1. The molecule has 2 rings (SSSR count). The van der Waals surface area contributed by atoms with E-state index in [1.165, 1.54) is 43.0 Å². The van der Waals surface area contributed by atoms with E-state index in [1.54, 1.807) is 0 Å². The minimum atomic E-state index is 1.00. The first-order chi connectivity index (χ1) is 10.3. The summed E-state index contributed by atoms with van der Waals surface area (Å²) >= 11 is 3.21. The van der Waals surface area contributed by atoms with Gasteiger partial charge in [-0.1, -0.05) is 25.0 Å². The highest BCUT2D eigenvalue weighted by Gasteiger charge is 2.17. The molecule has 1 aromatic heterocycles. The van der Waals surface area contributed by atoms with Gasteiger partial charge in [-0.2, -0.15) is 8.75 Å². The second-order valence-electron chi connectivity index (χ2n) is 5.51. The van der Waals surface area contributed by atoms with Crippen LogP contribution < -0.4 is 0 Å². The predicted octanol–water partition coefficient (Wildman–Crippen LogP) is 4.49. The maximum Gasteiger partial charge on any atom is 0.138 e. The second-order valence-corrected chi connectivity index (χ2v) is 7.13. The van der Waals surface area contributed by atoms with Gasteiger partial charge in [0.05, 0.1) is 11.7 Å². The average molecular weight is 324 g/mol. The quantitative estimate of drug-likeness (QED) is 0.380. The highest BCUT2D eigenvalue weighted by atomic mass is 32.2. The molecule has 0 N–H and O–H groups in total. The average Bonchev–Trinajstić information content (AvgIpc) is 2.95. The Bertz CT molecular complexity index is 468. The van der Waals surface area contributed by atoms with Crippen LogP contribution in [-0.4, -0.2) is 39.5 Å². The van der Waals surface area contributed by atoms with Crippen molar-refractivity contribution in [2.24, 2.45) is 0 Å². The van der Waals surface area contributed by atoms with Crippen LogP contribution in [0.25, 0.3) is 5.57 Å². The zero-order chi connectivity index (χ0) is 14.9. The van der Waals surface area contributed by atoms with E-state index in [9.17, 15) is 0 Å². The molecule has 1 aliphatic rings. The van der Waals surface area contributed by atoms with Crippen molar-refractivity contribution in [3.8, 4) is 0 Å². The van der Waals surface area contributed by atoms with Crippen molar-refractivity contribution < 1.29 is 0 Å². The number of hydrogen-bond acceptors (Lipinski definition) is 5. The molecule has 2 heterocycles. The van der Waals surface area contributed by atoms with Crippen LogP contribution in [0.4, 0.5) is 0 Å². The molecule has 0 aliphatic carbocycles. The molecule has 0 spiro atoms. The van der Waals surface area contributed by atoms with E-state index in [1.807, 2.05) is 17.8 Å². The van der Waals surface area contributed by atoms with Gasteiger partial charge in [0.2, 0.25) is 0 Å². The summed E-state index contributed by atoms with van der Waals surface area (Å²) in [5, 5.41) is 1.13.